The van der Waals surface area contributed by atoms with Crippen molar-refractivity contribution in [3.63, 3.8) is 0 Å². The molecule has 0 spiro atoms. The van der Waals surface area contributed by atoms with Crippen LogP contribution in [0.2, 0.25) is 0 Å². The number of piperidine rings is 1. The van der Waals surface area contributed by atoms with Crippen LogP contribution in [-0.2, 0) is 4.74 Å². The molecule has 0 bridgehead atoms. The highest BCUT2D eigenvalue weighted by Gasteiger charge is 2.32. The average Bonchev–Trinajstić information content (AvgIpc) is 2.16. The Labute approximate surface area is 100 Å². The van der Waals surface area contributed by atoms with Gasteiger partial charge >= 0.3 is 0 Å². The Morgan fingerprint density at radius 2 is 2.06 bits per heavy atom. The summed E-state index contributed by atoms with van der Waals surface area (Å²) in [6.07, 6.45) is 2.37. The minimum atomic E-state index is 0.0237. The van der Waals surface area contributed by atoms with Crippen molar-refractivity contribution in [2.45, 2.75) is 52.2 Å². The summed E-state index contributed by atoms with van der Waals surface area (Å²) in [6.45, 7) is 12.0. The minimum absolute atomic E-state index is 0.0237. The molecule has 0 saturated carbocycles. The Morgan fingerprint density at radius 1 is 1.44 bits per heavy atom. The van der Waals surface area contributed by atoms with Crippen molar-refractivity contribution in [3.8, 4) is 0 Å². The molecule has 96 valence electrons. The van der Waals surface area contributed by atoms with Gasteiger partial charge in [0.25, 0.3) is 0 Å². The molecule has 0 radical (unpaired) electrons. The minimum Gasteiger partial charge on any atom is -0.377 e. The van der Waals surface area contributed by atoms with Crippen LogP contribution in [0.1, 0.15) is 40.5 Å². The molecule has 0 aromatic carbocycles. The lowest BCUT2D eigenvalue weighted by Gasteiger charge is -2.42. The molecule has 1 fully saturated rings. The van der Waals surface area contributed by atoms with Gasteiger partial charge in [-0.2, -0.15) is 0 Å². The zero-order valence-electron chi connectivity index (χ0n) is 11.5. The van der Waals surface area contributed by atoms with Gasteiger partial charge in [-0.1, -0.05) is 20.8 Å². The molecule has 16 heavy (non-hydrogen) atoms. The molecule has 1 heterocycles. The summed E-state index contributed by atoms with van der Waals surface area (Å²) in [5.74, 6) is 0. The molecule has 0 aromatic rings. The Morgan fingerprint density at radius 3 is 2.56 bits per heavy atom. The number of methoxy groups -OCH3 is 1. The van der Waals surface area contributed by atoms with Crippen LogP contribution >= 0.6 is 0 Å². The third kappa shape index (κ3) is 3.72. The van der Waals surface area contributed by atoms with E-state index in [1.54, 1.807) is 0 Å². The maximum absolute atomic E-state index is 6.23. The highest BCUT2D eigenvalue weighted by molar-refractivity contribution is 4.88. The fourth-order valence-electron chi connectivity index (χ4n) is 2.18. The van der Waals surface area contributed by atoms with E-state index >= 15 is 0 Å². The van der Waals surface area contributed by atoms with E-state index in [2.05, 4.69) is 32.6 Å². The first-order valence-electron chi connectivity index (χ1n) is 6.30. The van der Waals surface area contributed by atoms with Gasteiger partial charge in [0.15, 0.2) is 0 Å². The van der Waals surface area contributed by atoms with E-state index in [4.69, 9.17) is 10.5 Å². The molecule has 1 rings (SSSR count). The summed E-state index contributed by atoms with van der Waals surface area (Å²) in [6, 6.07) is 0.228. The van der Waals surface area contributed by atoms with E-state index in [1.165, 1.54) is 6.42 Å². The number of likely N-dealkylation sites (tertiary alicyclic amines) is 1. The topological polar surface area (TPSA) is 38.5 Å². The molecular weight excluding hydrogens is 200 g/mol. The number of ether oxygens (including phenoxy) is 1. The van der Waals surface area contributed by atoms with E-state index in [-0.39, 0.29) is 17.1 Å². The molecule has 1 saturated heterocycles. The van der Waals surface area contributed by atoms with Crippen molar-refractivity contribution in [1.82, 2.24) is 4.90 Å². The first-order chi connectivity index (χ1) is 7.27. The SMILES string of the molecule is COC1(C)CCCN(CC(N)C(C)(C)C)C1. The summed E-state index contributed by atoms with van der Waals surface area (Å²) in [7, 11) is 1.81. The lowest BCUT2D eigenvalue weighted by atomic mass is 9.86. The van der Waals surface area contributed by atoms with Crippen molar-refractivity contribution >= 4 is 0 Å². The first kappa shape index (κ1) is 13.9. The highest BCUT2D eigenvalue weighted by atomic mass is 16.5. The van der Waals surface area contributed by atoms with Crippen LogP contribution in [0.4, 0.5) is 0 Å². The van der Waals surface area contributed by atoms with Crippen molar-refractivity contribution in [2.24, 2.45) is 11.1 Å². The Balaban J connectivity index is 2.49. The predicted octanol–water partition coefficient (Wildman–Crippen LogP) is 1.86. The Hall–Kier alpha value is -0.120. The van der Waals surface area contributed by atoms with Crippen molar-refractivity contribution in [3.05, 3.63) is 0 Å². The Kier molecular flexibility index (Phi) is 4.38. The number of nitrogens with zero attached hydrogens (tertiary/aromatic N) is 1. The molecule has 0 aromatic heterocycles. The molecule has 2 unspecified atom stereocenters. The number of hydrogen-bond acceptors (Lipinski definition) is 3. The van der Waals surface area contributed by atoms with Gasteiger partial charge in [-0.05, 0) is 31.7 Å². The van der Waals surface area contributed by atoms with E-state index < -0.39 is 0 Å². The normalized spacial score (nSPS) is 30.4. The monoisotopic (exact) mass is 228 g/mol. The summed E-state index contributed by atoms with van der Waals surface area (Å²) >= 11 is 0. The van der Waals surface area contributed by atoms with Crippen molar-refractivity contribution in [1.29, 1.82) is 0 Å². The van der Waals surface area contributed by atoms with Crippen LogP contribution in [0.25, 0.3) is 0 Å². The molecule has 2 atom stereocenters. The summed E-state index contributed by atoms with van der Waals surface area (Å²) < 4.78 is 5.59. The maximum Gasteiger partial charge on any atom is 0.0777 e. The zero-order valence-corrected chi connectivity index (χ0v) is 11.5. The summed E-state index contributed by atoms with van der Waals surface area (Å²) in [5.41, 5.74) is 6.43. The largest absolute Gasteiger partial charge is 0.377 e. The molecule has 0 aliphatic carbocycles. The van der Waals surface area contributed by atoms with Gasteiger partial charge in [-0.15, -0.1) is 0 Å². The van der Waals surface area contributed by atoms with Gasteiger partial charge in [0.05, 0.1) is 5.60 Å². The smallest absolute Gasteiger partial charge is 0.0777 e. The van der Waals surface area contributed by atoms with Crippen LogP contribution in [0.5, 0.6) is 0 Å². The second-order valence-electron chi connectivity index (χ2n) is 6.47. The standard InChI is InChI=1S/C13H28N2O/c1-12(2,3)11(14)9-15-8-6-7-13(4,10-15)16-5/h11H,6-10,14H2,1-5H3. The van der Waals surface area contributed by atoms with Gasteiger partial charge in [-0.25, -0.2) is 0 Å². The third-order valence-corrected chi connectivity index (χ3v) is 3.80. The van der Waals surface area contributed by atoms with Crippen molar-refractivity contribution < 1.29 is 4.74 Å². The van der Waals surface area contributed by atoms with Crippen LogP contribution in [0, 0.1) is 5.41 Å². The average molecular weight is 228 g/mol. The highest BCUT2D eigenvalue weighted by Crippen LogP contribution is 2.25. The fourth-order valence-corrected chi connectivity index (χ4v) is 2.18. The van der Waals surface area contributed by atoms with E-state index in [1.807, 2.05) is 7.11 Å². The predicted molar refractivity (Wildman–Crippen MR) is 68.5 cm³/mol. The quantitative estimate of drug-likeness (QED) is 0.801. The van der Waals surface area contributed by atoms with Gasteiger partial charge in [0, 0.05) is 26.2 Å². The van der Waals surface area contributed by atoms with Crippen LogP contribution in [0.15, 0.2) is 0 Å². The zero-order chi connectivity index (χ0) is 12.4. The summed E-state index contributed by atoms with van der Waals surface area (Å²) in [4.78, 5) is 2.45. The van der Waals surface area contributed by atoms with Gasteiger partial charge in [-0.3, -0.25) is 4.90 Å². The molecule has 0 amide bonds. The second-order valence-corrected chi connectivity index (χ2v) is 6.47. The second kappa shape index (κ2) is 5.03. The molecule has 3 nitrogen and oxygen atoms in total. The van der Waals surface area contributed by atoms with Gasteiger partial charge in [0.1, 0.15) is 0 Å². The number of hydrogen-bond donors (Lipinski definition) is 1. The van der Waals surface area contributed by atoms with E-state index in [0.717, 1.165) is 26.1 Å². The molecule has 1 aliphatic rings. The molecule has 3 heteroatoms. The van der Waals surface area contributed by atoms with Crippen LogP contribution in [0.3, 0.4) is 0 Å². The molecular formula is C13H28N2O. The van der Waals surface area contributed by atoms with Crippen LogP contribution in [-0.4, -0.2) is 43.3 Å². The lowest BCUT2D eigenvalue weighted by molar-refractivity contribution is -0.0536. The molecule has 1 aliphatic heterocycles. The van der Waals surface area contributed by atoms with E-state index in [9.17, 15) is 0 Å². The first-order valence-corrected chi connectivity index (χ1v) is 6.30. The third-order valence-electron chi connectivity index (χ3n) is 3.80. The van der Waals surface area contributed by atoms with Crippen molar-refractivity contribution in [2.75, 3.05) is 26.7 Å². The Bertz CT molecular complexity index is 224. The van der Waals surface area contributed by atoms with Gasteiger partial charge < -0.3 is 10.5 Å². The number of rotatable bonds is 3. The summed E-state index contributed by atoms with van der Waals surface area (Å²) in [5, 5.41) is 0. The maximum atomic E-state index is 6.23. The lowest BCUT2D eigenvalue weighted by Crippen LogP contribution is -2.53. The van der Waals surface area contributed by atoms with Gasteiger partial charge in [0.2, 0.25) is 0 Å². The van der Waals surface area contributed by atoms with Crippen LogP contribution < -0.4 is 5.73 Å². The number of nitrogens with two attached hydrogens (primary N) is 1. The molecule has 2 N–H and O–H groups in total. The fraction of sp³-hybridized carbons (Fsp3) is 1.00. The van der Waals surface area contributed by atoms with E-state index in [0.29, 0.717) is 0 Å².